The van der Waals surface area contributed by atoms with Gasteiger partial charge in [0.15, 0.2) is 24.6 Å². The third-order valence-electron chi connectivity index (χ3n) is 19.8. The molecule has 0 saturated heterocycles. The molecule has 570 valence electrons. The molecule has 0 aliphatic carbocycles. The lowest BCUT2D eigenvalue weighted by Gasteiger charge is -2.31. The average Bonchev–Trinajstić information content (AvgIpc) is 0.767. The van der Waals surface area contributed by atoms with Crippen LogP contribution in [0.1, 0.15) is 413 Å². The second-order valence-corrected chi connectivity index (χ2v) is 29.3. The predicted molar refractivity (Wildman–Crippen MR) is 405 cm³/mol. The molecule has 14 nitrogen and oxygen atoms in total. The van der Waals surface area contributed by atoms with Crippen LogP contribution >= 0.6 is 0 Å². The predicted octanol–water partition coefficient (Wildman–Crippen LogP) is 22.9. The van der Waals surface area contributed by atoms with Gasteiger partial charge in [-0.2, -0.15) is 0 Å². The van der Waals surface area contributed by atoms with E-state index >= 15 is 0 Å². The molecule has 14 heteroatoms. The highest BCUT2D eigenvalue weighted by Gasteiger charge is 2.44. The Morgan fingerprint density at radius 2 is 0.646 bits per heavy atom. The van der Waals surface area contributed by atoms with Crippen LogP contribution in [0, 0.1) is 5.92 Å². The highest BCUT2D eigenvalue weighted by atomic mass is 16.6. The average molecular weight is 1390 g/mol. The van der Waals surface area contributed by atoms with E-state index in [1.54, 1.807) is 13.8 Å². The van der Waals surface area contributed by atoms with Crippen LogP contribution < -0.4 is 4.57 Å². The number of esters is 6. The lowest BCUT2D eigenvalue weighted by molar-refractivity contribution is -0.672. The summed E-state index contributed by atoms with van der Waals surface area (Å²) < 4.78 is 37.4. The van der Waals surface area contributed by atoms with Gasteiger partial charge in [-0.05, 0) is 45.6 Å². The molecule has 1 aliphatic rings. The second-order valence-electron chi connectivity index (χ2n) is 29.3. The number of hydrogen-bond donors (Lipinski definition) is 0. The topological polar surface area (TPSA) is 174 Å². The molecule has 2 heterocycles. The summed E-state index contributed by atoms with van der Waals surface area (Å²) in [4.78, 5) is 87.7. The third-order valence-corrected chi connectivity index (χ3v) is 19.8. The first-order valence-corrected chi connectivity index (χ1v) is 41.6. The van der Waals surface area contributed by atoms with Crippen molar-refractivity contribution in [3.8, 4) is 0 Å². The molecule has 0 fully saturated rings. The van der Waals surface area contributed by atoms with Crippen molar-refractivity contribution in [3.63, 3.8) is 0 Å². The van der Waals surface area contributed by atoms with Gasteiger partial charge in [0.25, 0.3) is 0 Å². The Balaban J connectivity index is 2.18. The van der Waals surface area contributed by atoms with Gasteiger partial charge in [0.05, 0.1) is 5.57 Å². The number of pyridine rings is 1. The maximum Gasteiger partial charge on any atom is 0.336 e. The van der Waals surface area contributed by atoms with Crippen LogP contribution in [0.25, 0.3) is 0 Å². The summed E-state index contributed by atoms with van der Waals surface area (Å²) in [7, 11) is 1.85. The van der Waals surface area contributed by atoms with Gasteiger partial charge < -0.3 is 28.4 Å². The van der Waals surface area contributed by atoms with Crippen molar-refractivity contribution in [2.45, 2.75) is 419 Å². The van der Waals surface area contributed by atoms with Crippen molar-refractivity contribution in [1.82, 2.24) is 0 Å². The number of unbranched alkanes of at least 4 members (excludes halogenated alkanes) is 48. The Labute approximate surface area is 605 Å². The number of carbonyl (C=O) groups excluding carboxylic acids is 6. The number of aliphatic imine (C=N–C) groups is 1. The van der Waals surface area contributed by atoms with Gasteiger partial charge in [-0.3, -0.25) is 29.0 Å². The molecule has 1 aromatic heterocycles. The van der Waals surface area contributed by atoms with Crippen LogP contribution in [-0.4, -0.2) is 80.2 Å². The Hall–Kier alpha value is -4.62. The van der Waals surface area contributed by atoms with Crippen LogP contribution in [0.15, 0.2) is 40.8 Å². The number of aromatic nitrogens is 1. The fraction of sp³-hybridized carbons (Fsp3) is 0.835. The third kappa shape index (κ3) is 49.6. The summed E-state index contributed by atoms with van der Waals surface area (Å²) in [5, 5.41) is 0. The van der Waals surface area contributed by atoms with Gasteiger partial charge in [-0.25, -0.2) is 9.36 Å². The summed E-state index contributed by atoms with van der Waals surface area (Å²) in [6.45, 7) is 11.1. The minimum absolute atomic E-state index is 0.119. The standard InChI is InChI=1S/C85H149N2O12/c1-8-12-16-20-24-28-32-36-40-44-48-52-56-62-77(88)94-68-75(98-79(90)64-58-54-50-46-42-38-34-30-26-22-18-14-10-3)70-96-84(92)81-72(5)86-73(6)82(83(81)74-61-60-66-87(7)67-74)85(93)97-71-76(99-80(91)65-59-55-51-47-43-39-35-31-27-23-19-15-11-4)69-95-78(89)63-57-53-49-45-41-37-33-29-25-21-17-13-9-2/h60-61,66-67,75-76,81,83H,8-59,62-65,68-71H2,1-7H3/q+1. The largest absolute Gasteiger partial charge is 0.462 e. The fourth-order valence-corrected chi connectivity index (χ4v) is 13.7. The Morgan fingerprint density at radius 1 is 0.374 bits per heavy atom. The van der Waals surface area contributed by atoms with E-state index in [0.29, 0.717) is 42.7 Å². The fourth-order valence-electron chi connectivity index (χ4n) is 13.7. The molecule has 0 N–H and O–H groups in total. The van der Waals surface area contributed by atoms with Crippen LogP contribution in [0.2, 0.25) is 0 Å². The van der Waals surface area contributed by atoms with Gasteiger partial charge in [0.1, 0.15) is 39.4 Å². The van der Waals surface area contributed by atoms with E-state index in [2.05, 4.69) is 27.7 Å². The molecule has 1 aromatic rings. The summed E-state index contributed by atoms with van der Waals surface area (Å²) in [5.74, 6) is -5.22. The Morgan fingerprint density at radius 3 is 0.949 bits per heavy atom. The molecule has 0 radical (unpaired) electrons. The lowest BCUT2D eigenvalue weighted by Crippen LogP contribution is -2.40. The second kappa shape index (κ2) is 64.2. The number of allylic oxidation sites excluding steroid dienone is 1. The number of aryl methyl sites for hydroxylation is 1. The van der Waals surface area contributed by atoms with Crippen LogP contribution in [0.5, 0.6) is 0 Å². The summed E-state index contributed by atoms with van der Waals surface area (Å²) in [6.07, 6.45) is 64.1. The summed E-state index contributed by atoms with van der Waals surface area (Å²) in [6, 6.07) is 3.66. The van der Waals surface area contributed by atoms with Crippen molar-refractivity contribution in [2.75, 3.05) is 26.4 Å². The van der Waals surface area contributed by atoms with Crippen molar-refractivity contribution in [2.24, 2.45) is 18.0 Å². The molecule has 99 heavy (non-hydrogen) atoms. The lowest BCUT2D eigenvalue weighted by atomic mass is 9.76. The molecule has 0 amide bonds. The van der Waals surface area contributed by atoms with Gasteiger partial charge >= 0.3 is 35.8 Å². The minimum Gasteiger partial charge on any atom is -0.462 e. The Kier molecular flexibility index (Phi) is 58.7. The number of nitrogens with zero attached hydrogens (tertiary/aromatic N) is 2. The van der Waals surface area contributed by atoms with Gasteiger partial charge in [0, 0.05) is 54.6 Å². The number of rotatable bonds is 69. The first kappa shape index (κ1) is 90.5. The molecule has 1 aliphatic heterocycles. The van der Waals surface area contributed by atoms with Crippen molar-refractivity contribution >= 4 is 41.5 Å². The first-order chi connectivity index (χ1) is 48.3. The molecule has 4 unspecified atom stereocenters. The van der Waals surface area contributed by atoms with E-state index in [1.807, 2.05) is 36.1 Å². The van der Waals surface area contributed by atoms with Gasteiger partial charge in [-0.15, -0.1) is 0 Å². The maximum absolute atomic E-state index is 14.8. The van der Waals surface area contributed by atoms with E-state index in [-0.39, 0.29) is 51.1 Å². The van der Waals surface area contributed by atoms with Crippen molar-refractivity contribution in [1.29, 1.82) is 0 Å². The highest BCUT2D eigenvalue weighted by molar-refractivity contribution is 6.07. The molecule has 0 aromatic carbocycles. The van der Waals surface area contributed by atoms with Gasteiger partial charge in [0.2, 0.25) is 0 Å². The SMILES string of the molecule is CCCCCCCCCCCCCCCC(=O)OCC(COC(=O)C1=C(C)N=C(C)C(C(=O)OCC(COC(=O)CCCCCCCCCCCCCCC)OC(=O)CCCCCCCCCCCCCCC)C1c1ccc[n+](C)c1)OC(=O)CCCCCCCCCCCCCCC. The molecule has 0 saturated carbocycles. The molecule has 2 rings (SSSR count). The van der Waals surface area contributed by atoms with E-state index in [0.717, 1.165) is 77.0 Å². The molecule has 0 spiro atoms. The normalized spacial score (nSPS) is 14.4. The zero-order chi connectivity index (χ0) is 71.9. The van der Waals surface area contributed by atoms with Crippen LogP contribution in [0.3, 0.4) is 0 Å². The number of ether oxygens (including phenoxy) is 6. The van der Waals surface area contributed by atoms with Crippen LogP contribution in [0.4, 0.5) is 0 Å². The number of carbonyl (C=O) groups is 6. The molecular formula is C85H149N2O12+. The molecular weight excluding hydrogens is 1240 g/mol. The quantitative estimate of drug-likeness (QED) is 0.0262. The number of hydrogen-bond acceptors (Lipinski definition) is 13. The minimum atomic E-state index is -1.11. The monoisotopic (exact) mass is 1390 g/mol. The Bertz CT molecular complexity index is 2260. The molecule has 4 atom stereocenters. The maximum atomic E-state index is 14.8. The van der Waals surface area contributed by atoms with Crippen molar-refractivity contribution in [3.05, 3.63) is 41.4 Å². The summed E-state index contributed by atoms with van der Waals surface area (Å²) in [5.41, 5.74) is 1.48. The van der Waals surface area contributed by atoms with E-state index in [4.69, 9.17) is 33.4 Å². The van der Waals surface area contributed by atoms with E-state index in [1.165, 1.54) is 231 Å². The zero-order valence-corrected chi connectivity index (χ0v) is 64.8. The highest BCUT2D eigenvalue weighted by Crippen LogP contribution is 2.40. The first-order valence-electron chi connectivity index (χ1n) is 41.6. The van der Waals surface area contributed by atoms with E-state index in [9.17, 15) is 28.8 Å². The zero-order valence-electron chi connectivity index (χ0n) is 64.8. The summed E-state index contributed by atoms with van der Waals surface area (Å²) >= 11 is 0. The van der Waals surface area contributed by atoms with E-state index < -0.39 is 66.5 Å². The van der Waals surface area contributed by atoms with Crippen LogP contribution in [-0.2, 0) is 64.2 Å². The molecule has 0 bridgehead atoms. The smallest absolute Gasteiger partial charge is 0.336 e. The van der Waals surface area contributed by atoms with Crippen molar-refractivity contribution < 1.29 is 61.8 Å². The van der Waals surface area contributed by atoms with Gasteiger partial charge in [-0.1, -0.05) is 336 Å².